The van der Waals surface area contributed by atoms with Crippen LogP contribution in [0.4, 0.5) is 0 Å². The average molecular weight is 877 g/mol. The van der Waals surface area contributed by atoms with Crippen molar-refractivity contribution in [3.8, 4) is 0 Å². The van der Waals surface area contributed by atoms with Crippen LogP contribution in [0.25, 0.3) is 0 Å². The quantitative estimate of drug-likeness (QED) is 0.399. The molecule has 0 saturated carbocycles. The van der Waals surface area contributed by atoms with E-state index >= 15 is 0 Å². The minimum absolute atomic E-state index is 0. The van der Waals surface area contributed by atoms with Crippen LogP contribution in [0.15, 0.2) is 0 Å². The van der Waals surface area contributed by atoms with E-state index in [1.807, 2.05) is 34.6 Å². The van der Waals surface area contributed by atoms with Gasteiger partial charge < -0.3 is 33.5 Å². The molecule has 0 aromatic rings. The second kappa shape index (κ2) is 28.3. The predicted octanol–water partition coefficient (Wildman–Crippen LogP) is 2.75. The SMILES string of the molecule is C.C.CC.CCC1OC[C@H](C(C)=O)O1.CCC1OC[C@H](C(C)=O)O1.CC[C@H]1OC[C@H](C(=O)O)O1.I[I-]I. The first kappa shape index (κ1) is 44.8. The first-order valence-electron chi connectivity index (χ1n) is 11.5. The number of carbonyl (C=O) groups is 3. The molecule has 0 bridgehead atoms. The molecule has 0 radical (unpaired) electrons. The van der Waals surface area contributed by atoms with E-state index in [2.05, 4.69) is 37.2 Å². The van der Waals surface area contributed by atoms with Gasteiger partial charge in [0.15, 0.2) is 36.5 Å². The number of hydrogen-bond acceptors (Lipinski definition) is 9. The Morgan fingerprint density at radius 3 is 1.08 bits per heavy atom. The van der Waals surface area contributed by atoms with Crippen molar-refractivity contribution in [2.24, 2.45) is 0 Å². The Balaban J connectivity index is -0.000000198. The molecule has 3 rings (SSSR count). The third kappa shape index (κ3) is 21.2. The van der Waals surface area contributed by atoms with Crippen molar-refractivity contribution in [1.82, 2.24) is 0 Å². The molecule has 0 aliphatic carbocycles. The molecule has 0 amide bonds. The second-order valence-corrected chi connectivity index (χ2v) is 23.2. The summed E-state index contributed by atoms with van der Waals surface area (Å²) in [7, 11) is 0. The zero-order chi connectivity index (χ0) is 27.4. The van der Waals surface area contributed by atoms with Crippen LogP contribution in [0.1, 0.15) is 82.6 Å². The van der Waals surface area contributed by atoms with E-state index < -0.39 is 12.1 Å². The fraction of sp³-hybridized carbons (Fsp3) is 0.875. The van der Waals surface area contributed by atoms with Crippen molar-refractivity contribution >= 4 is 54.8 Å². The number of aliphatic carboxylic acids is 1. The standard InChI is InChI=1S/2C7H12O3.C6H10O4.C2H6.2CH4.I3/c2*1-3-7-9-4-6(10-7)5(2)8;1-2-5-9-3-4(10-5)6(7)8;1-2;;;1-3-2/h2*6-7H,3-4H2,1-2H3;4-5H,2-3H2,1H3,(H,7,8);1-2H3;2*1H4;/q;;;;;;-1/t2*6-,7?;4-,5+;;;;/m111..../s1. The molecular weight excluding hydrogens is 829 g/mol. The van der Waals surface area contributed by atoms with E-state index in [9.17, 15) is 14.4 Å². The molecule has 1 N–H and O–H groups in total. The van der Waals surface area contributed by atoms with Crippen LogP contribution in [0.3, 0.4) is 0 Å². The van der Waals surface area contributed by atoms with Crippen molar-refractivity contribution in [2.75, 3.05) is 19.8 Å². The Hall–Kier alpha value is 0.760. The van der Waals surface area contributed by atoms with Gasteiger partial charge in [-0.2, -0.15) is 0 Å². The van der Waals surface area contributed by atoms with Crippen LogP contribution >= 0.6 is 37.2 Å². The normalized spacial score (nSPS) is 27.2. The Morgan fingerprint density at radius 1 is 0.703 bits per heavy atom. The van der Waals surface area contributed by atoms with Gasteiger partial charge in [-0.05, 0) is 33.1 Å². The number of ether oxygens (including phenoxy) is 6. The summed E-state index contributed by atoms with van der Waals surface area (Å²) in [4.78, 5) is 31.7. The molecule has 3 fully saturated rings. The van der Waals surface area contributed by atoms with Gasteiger partial charge in [0.05, 0.1) is 19.8 Å². The fourth-order valence-corrected chi connectivity index (χ4v) is 2.57. The number of carbonyl (C=O) groups excluding carboxylic acids is 2. The topological polar surface area (TPSA) is 127 Å². The van der Waals surface area contributed by atoms with E-state index in [0.29, 0.717) is 32.9 Å². The fourth-order valence-electron chi connectivity index (χ4n) is 2.57. The van der Waals surface area contributed by atoms with E-state index in [1.165, 1.54) is 13.8 Å². The summed E-state index contributed by atoms with van der Waals surface area (Å²) in [6, 6.07) is 0. The molecule has 3 heterocycles. The van der Waals surface area contributed by atoms with Crippen LogP contribution in [0, 0.1) is 0 Å². The zero-order valence-corrected chi connectivity index (χ0v) is 27.9. The van der Waals surface area contributed by atoms with Gasteiger partial charge in [-0.3, -0.25) is 9.59 Å². The van der Waals surface area contributed by atoms with Gasteiger partial charge in [-0.1, -0.05) is 49.5 Å². The molecule has 3 saturated heterocycles. The van der Waals surface area contributed by atoms with Gasteiger partial charge in [-0.15, -0.1) is 0 Å². The molecule has 0 aromatic carbocycles. The number of carboxylic acids is 1. The maximum atomic E-state index is 10.7. The van der Waals surface area contributed by atoms with Crippen LogP contribution in [0.2, 0.25) is 0 Å². The monoisotopic (exact) mass is 877 g/mol. The molecular formula is C24H48I3O10-. The Labute approximate surface area is 253 Å². The third-order valence-corrected chi connectivity index (χ3v) is 4.43. The third-order valence-electron chi connectivity index (χ3n) is 4.43. The number of hydrogen-bond donors (Lipinski definition) is 1. The van der Waals surface area contributed by atoms with Gasteiger partial charge in [-0.25, -0.2) is 4.79 Å². The molecule has 0 aromatic heterocycles. The Morgan fingerprint density at radius 2 is 0.946 bits per heavy atom. The van der Waals surface area contributed by atoms with Crippen molar-refractivity contribution in [3.63, 3.8) is 0 Å². The molecule has 10 nitrogen and oxygen atoms in total. The number of rotatable bonds is 6. The summed E-state index contributed by atoms with van der Waals surface area (Å²) in [5.41, 5.74) is 0. The van der Waals surface area contributed by atoms with E-state index in [1.54, 1.807) is 0 Å². The Kier molecular flexibility index (Phi) is 34.2. The summed E-state index contributed by atoms with van der Waals surface area (Å²) >= 11 is 5.30. The van der Waals surface area contributed by atoms with Crippen LogP contribution in [0.5, 0.6) is 0 Å². The average Bonchev–Trinajstić information content (AvgIpc) is 3.62. The van der Waals surface area contributed by atoms with Crippen LogP contribution in [-0.4, -0.2) is 79.6 Å². The molecule has 0 spiro atoms. The Bertz CT molecular complexity index is 507. The molecule has 226 valence electrons. The number of ketones is 2. The van der Waals surface area contributed by atoms with Gasteiger partial charge in [0.1, 0.15) is 12.2 Å². The number of carboxylic acid groups (broad SMARTS) is 1. The summed E-state index contributed by atoms with van der Waals surface area (Å²) in [6.45, 7) is 13.9. The van der Waals surface area contributed by atoms with E-state index in [4.69, 9.17) is 33.5 Å². The van der Waals surface area contributed by atoms with E-state index in [0.717, 1.165) is 12.8 Å². The van der Waals surface area contributed by atoms with Crippen molar-refractivity contribution in [2.45, 2.75) is 120 Å². The van der Waals surface area contributed by atoms with Gasteiger partial charge in [0, 0.05) is 0 Å². The zero-order valence-electron chi connectivity index (χ0n) is 21.5. The first-order valence-corrected chi connectivity index (χ1v) is 24.1. The van der Waals surface area contributed by atoms with Crippen LogP contribution < -0.4 is 13.3 Å². The van der Waals surface area contributed by atoms with Crippen molar-refractivity contribution < 1.29 is 61.2 Å². The maximum absolute atomic E-state index is 10.7. The molecule has 3 aliphatic heterocycles. The molecule has 3 aliphatic rings. The second-order valence-electron chi connectivity index (χ2n) is 7.00. The minimum atomic E-state index is -0.948. The summed E-state index contributed by atoms with van der Waals surface area (Å²) in [5.74, 6) is -0.845. The van der Waals surface area contributed by atoms with Crippen molar-refractivity contribution in [1.29, 1.82) is 0 Å². The van der Waals surface area contributed by atoms with Gasteiger partial charge >= 0.3 is 56.5 Å². The van der Waals surface area contributed by atoms with E-state index in [-0.39, 0.29) is 64.1 Å². The molecule has 2 unspecified atom stereocenters. The van der Waals surface area contributed by atoms with Gasteiger partial charge in [0.25, 0.3) is 0 Å². The molecule has 37 heavy (non-hydrogen) atoms. The summed E-state index contributed by atoms with van der Waals surface area (Å²) in [6.07, 6.45) is 0.292. The summed E-state index contributed by atoms with van der Waals surface area (Å²) < 4.78 is 30.6. The molecule has 13 heteroatoms. The van der Waals surface area contributed by atoms with Gasteiger partial charge in [0.2, 0.25) is 0 Å². The molecule has 6 atom stereocenters. The first-order chi connectivity index (χ1) is 16.6. The summed E-state index contributed by atoms with van der Waals surface area (Å²) in [5, 5.41) is 8.42. The predicted molar refractivity (Wildman–Crippen MR) is 157 cm³/mol. The number of Topliss-reactive ketones (excluding diaryl/α,β-unsaturated/α-hetero) is 2. The number of halogens is 3. The van der Waals surface area contributed by atoms with Crippen LogP contribution in [-0.2, 0) is 42.8 Å². The van der Waals surface area contributed by atoms with Crippen molar-refractivity contribution in [3.05, 3.63) is 0 Å².